The molecule has 20 heavy (non-hydrogen) atoms. The van der Waals surface area contributed by atoms with Gasteiger partial charge in [0.15, 0.2) is 0 Å². The first-order valence-corrected chi connectivity index (χ1v) is 7.28. The SMILES string of the molecule is CCNC(C)CCCCOc1cc(OC)cc(OC)c1. The highest BCUT2D eigenvalue weighted by molar-refractivity contribution is 5.41. The first-order chi connectivity index (χ1) is 9.69. The van der Waals surface area contributed by atoms with Crippen molar-refractivity contribution in [1.29, 1.82) is 0 Å². The van der Waals surface area contributed by atoms with Crippen molar-refractivity contribution in [3.05, 3.63) is 18.2 Å². The molecule has 1 N–H and O–H groups in total. The summed E-state index contributed by atoms with van der Waals surface area (Å²) in [5.74, 6) is 2.29. The third kappa shape index (κ3) is 6.15. The zero-order valence-electron chi connectivity index (χ0n) is 13.1. The molecule has 0 fully saturated rings. The number of hydrogen-bond acceptors (Lipinski definition) is 4. The van der Waals surface area contributed by atoms with Gasteiger partial charge in [0.2, 0.25) is 0 Å². The Morgan fingerprint density at radius 3 is 2.15 bits per heavy atom. The van der Waals surface area contributed by atoms with Crippen LogP contribution in [0.3, 0.4) is 0 Å². The molecule has 0 saturated heterocycles. The maximum Gasteiger partial charge on any atom is 0.126 e. The molecule has 0 bridgehead atoms. The highest BCUT2D eigenvalue weighted by Gasteiger charge is 2.03. The Balaban J connectivity index is 2.31. The van der Waals surface area contributed by atoms with E-state index in [1.54, 1.807) is 14.2 Å². The Hall–Kier alpha value is -1.42. The van der Waals surface area contributed by atoms with E-state index in [0.717, 1.165) is 43.2 Å². The molecule has 4 heteroatoms. The highest BCUT2D eigenvalue weighted by atomic mass is 16.5. The van der Waals surface area contributed by atoms with Crippen LogP contribution >= 0.6 is 0 Å². The Kier molecular flexibility index (Phi) is 7.88. The van der Waals surface area contributed by atoms with Crippen LogP contribution in [0, 0.1) is 0 Å². The predicted molar refractivity (Wildman–Crippen MR) is 82.0 cm³/mol. The van der Waals surface area contributed by atoms with Gasteiger partial charge in [-0.25, -0.2) is 0 Å². The van der Waals surface area contributed by atoms with Crippen LogP contribution in [0.2, 0.25) is 0 Å². The van der Waals surface area contributed by atoms with Gasteiger partial charge in [-0.1, -0.05) is 6.92 Å². The molecule has 0 amide bonds. The van der Waals surface area contributed by atoms with Gasteiger partial charge in [-0.2, -0.15) is 0 Å². The molecule has 0 aromatic heterocycles. The van der Waals surface area contributed by atoms with E-state index in [1.807, 2.05) is 18.2 Å². The lowest BCUT2D eigenvalue weighted by molar-refractivity contribution is 0.297. The first-order valence-electron chi connectivity index (χ1n) is 7.28. The summed E-state index contributed by atoms with van der Waals surface area (Å²) in [5, 5.41) is 3.41. The smallest absolute Gasteiger partial charge is 0.126 e. The largest absolute Gasteiger partial charge is 0.496 e. The number of methoxy groups -OCH3 is 2. The summed E-state index contributed by atoms with van der Waals surface area (Å²) in [4.78, 5) is 0. The molecular weight excluding hydrogens is 254 g/mol. The number of nitrogens with one attached hydrogen (secondary N) is 1. The van der Waals surface area contributed by atoms with Crippen LogP contribution in [0.1, 0.15) is 33.1 Å². The van der Waals surface area contributed by atoms with E-state index in [4.69, 9.17) is 14.2 Å². The second kappa shape index (κ2) is 9.48. The normalized spacial score (nSPS) is 12.0. The van der Waals surface area contributed by atoms with E-state index in [-0.39, 0.29) is 0 Å². The number of unbranched alkanes of at least 4 members (excludes halogenated alkanes) is 1. The summed E-state index contributed by atoms with van der Waals surface area (Å²) in [6.45, 7) is 6.10. The third-order valence-electron chi connectivity index (χ3n) is 3.18. The van der Waals surface area contributed by atoms with Gasteiger partial charge in [0.1, 0.15) is 17.2 Å². The van der Waals surface area contributed by atoms with E-state index in [9.17, 15) is 0 Å². The monoisotopic (exact) mass is 281 g/mol. The molecule has 0 radical (unpaired) electrons. The number of benzene rings is 1. The predicted octanol–water partition coefficient (Wildman–Crippen LogP) is 3.25. The first kappa shape index (κ1) is 16.6. The van der Waals surface area contributed by atoms with Gasteiger partial charge in [-0.05, 0) is 32.7 Å². The van der Waals surface area contributed by atoms with Crippen LogP contribution in [-0.4, -0.2) is 33.4 Å². The van der Waals surface area contributed by atoms with Gasteiger partial charge in [0.25, 0.3) is 0 Å². The van der Waals surface area contributed by atoms with E-state index in [1.165, 1.54) is 6.42 Å². The van der Waals surface area contributed by atoms with Crippen LogP contribution in [0.5, 0.6) is 17.2 Å². The molecule has 0 spiro atoms. The van der Waals surface area contributed by atoms with Gasteiger partial charge in [-0.3, -0.25) is 0 Å². The minimum atomic E-state index is 0.580. The maximum absolute atomic E-state index is 5.75. The number of ether oxygens (including phenoxy) is 3. The lowest BCUT2D eigenvalue weighted by atomic mass is 10.1. The quantitative estimate of drug-likeness (QED) is 0.668. The summed E-state index contributed by atoms with van der Waals surface area (Å²) in [5.41, 5.74) is 0. The summed E-state index contributed by atoms with van der Waals surface area (Å²) in [6, 6.07) is 6.18. The highest BCUT2D eigenvalue weighted by Crippen LogP contribution is 2.27. The average Bonchev–Trinajstić information content (AvgIpc) is 2.46. The van der Waals surface area contributed by atoms with Gasteiger partial charge in [-0.15, -0.1) is 0 Å². The number of rotatable bonds is 10. The van der Waals surface area contributed by atoms with Crippen LogP contribution in [0.4, 0.5) is 0 Å². The second-order valence-electron chi connectivity index (χ2n) is 4.85. The van der Waals surface area contributed by atoms with Gasteiger partial charge in [0.05, 0.1) is 20.8 Å². The fraction of sp³-hybridized carbons (Fsp3) is 0.625. The van der Waals surface area contributed by atoms with Crippen molar-refractivity contribution in [2.75, 3.05) is 27.4 Å². The fourth-order valence-electron chi connectivity index (χ4n) is 2.06. The van der Waals surface area contributed by atoms with Crippen molar-refractivity contribution >= 4 is 0 Å². The van der Waals surface area contributed by atoms with Crippen LogP contribution < -0.4 is 19.5 Å². The molecule has 0 aliphatic rings. The van der Waals surface area contributed by atoms with E-state index < -0.39 is 0 Å². The lowest BCUT2D eigenvalue weighted by Gasteiger charge is -2.12. The molecular formula is C16H27NO3. The molecule has 1 atom stereocenters. The van der Waals surface area contributed by atoms with Gasteiger partial charge in [0, 0.05) is 24.2 Å². The number of hydrogen-bond donors (Lipinski definition) is 1. The van der Waals surface area contributed by atoms with Crippen molar-refractivity contribution in [3.8, 4) is 17.2 Å². The molecule has 1 unspecified atom stereocenters. The topological polar surface area (TPSA) is 39.7 Å². The van der Waals surface area contributed by atoms with Crippen molar-refractivity contribution in [1.82, 2.24) is 5.32 Å². The van der Waals surface area contributed by atoms with Gasteiger partial charge >= 0.3 is 0 Å². The van der Waals surface area contributed by atoms with E-state index >= 15 is 0 Å². The van der Waals surface area contributed by atoms with Crippen molar-refractivity contribution in [2.45, 2.75) is 39.2 Å². The minimum Gasteiger partial charge on any atom is -0.496 e. The van der Waals surface area contributed by atoms with Crippen molar-refractivity contribution in [2.24, 2.45) is 0 Å². The van der Waals surface area contributed by atoms with Crippen molar-refractivity contribution < 1.29 is 14.2 Å². The summed E-state index contributed by atoms with van der Waals surface area (Å²) < 4.78 is 16.2. The molecule has 0 saturated carbocycles. The second-order valence-corrected chi connectivity index (χ2v) is 4.85. The van der Waals surface area contributed by atoms with Crippen LogP contribution in [-0.2, 0) is 0 Å². The molecule has 4 nitrogen and oxygen atoms in total. The molecule has 114 valence electrons. The molecule has 1 rings (SSSR count). The standard InChI is InChI=1S/C16H27NO3/c1-5-17-13(2)8-6-7-9-20-16-11-14(18-3)10-15(12-16)19-4/h10-13,17H,5-9H2,1-4H3. The van der Waals surface area contributed by atoms with Crippen LogP contribution in [0.25, 0.3) is 0 Å². The van der Waals surface area contributed by atoms with E-state index in [2.05, 4.69) is 19.2 Å². The summed E-state index contributed by atoms with van der Waals surface area (Å²) >= 11 is 0. The molecule has 0 aliphatic carbocycles. The zero-order chi connectivity index (χ0) is 14.8. The molecule has 0 heterocycles. The summed E-state index contributed by atoms with van der Waals surface area (Å²) in [7, 11) is 3.28. The van der Waals surface area contributed by atoms with E-state index in [0.29, 0.717) is 6.04 Å². The van der Waals surface area contributed by atoms with Gasteiger partial charge < -0.3 is 19.5 Å². The zero-order valence-corrected chi connectivity index (χ0v) is 13.1. The minimum absolute atomic E-state index is 0.580. The fourth-order valence-corrected chi connectivity index (χ4v) is 2.06. The molecule has 1 aromatic carbocycles. The Bertz CT molecular complexity index is 360. The summed E-state index contributed by atoms with van der Waals surface area (Å²) in [6.07, 6.45) is 3.39. The Morgan fingerprint density at radius 2 is 1.60 bits per heavy atom. The third-order valence-corrected chi connectivity index (χ3v) is 3.18. The average molecular weight is 281 g/mol. The molecule has 1 aromatic rings. The maximum atomic E-state index is 5.75. The molecule has 0 aliphatic heterocycles. The van der Waals surface area contributed by atoms with Crippen molar-refractivity contribution in [3.63, 3.8) is 0 Å². The Morgan fingerprint density at radius 1 is 1.00 bits per heavy atom. The van der Waals surface area contributed by atoms with Crippen LogP contribution in [0.15, 0.2) is 18.2 Å². The lowest BCUT2D eigenvalue weighted by Crippen LogP contribution is -2.25. The Labute approximate surface area is 122 Å².